The summed E-state index contributed by atoms with van der Waals surface area (Å²) in [5.74, 6) is 0. The maximum atomic E-state index is 0. The van der Waals surface area contributed by atoms with Gasteiger partial charge in [0.1, 0.15) is 0 Å². The Kier molecular flexibility index (Phi) is 483. The van der Waals surface area contributed by atoms with Crippen LogP contribution < -0.4 is 0 Å². The Morgan fingerprint density at radius 2 is 1.00 bits per heavy atom. The number of hydrogen-bond acceptors (Lipinski definition) is 0. The largest absolute Gasteiger partial charge is 0.412 e. The van der Waals surface area contributed by atoms with E-state index in [1.807, 2.05) is 0 Å². The molecule has 0 aliphatic carbocycles. The van der Waals surface area contributed by atoms with Gasteiger partial charge >= 0.3 is 0 Å². The van der Waals surface area contributed by atoms with Crippen LogP contribution in [0, 0.1) is 0 Å². The van der Waals surface area contributed by atoms with Crippen LogP contribution in [-0.2, 0) is 18.6 Å². The monoisotopic (exact) mass is 131 g/mol. The van der Waals surface area contributed by atoms with Gasteiger partial charge < -0.3 is 5.48 Å². The second-order valence-corrected chi connectivity index (χ2v) is 0. The molecule has 0 rings (SSSR count). The van der Waals surface area contributed by atoms with Crippen molar-refractivity contribution in [3.63, 3.8) is 0 Å². The van der Waals surface area contributed by atoms with Gasteiger partial charge in [-0.05, 0) is 0 Å². The standard InChI is InChI=1S/H2O.H3P.Si.V/h1H2;1H3;;. The van der Waals surface area contributed by atoms with Gasteiger partial charge in [-0.25, -0.2) is 0 Å². The molecule has 1 nitrogen and oxygen atoms in total. The van der Waals surface area contributed by atoms with Crippen LogP contribution in [0.3, 0.4) is 0 Å². The summed E-state index contributed by atoms with van der Waals surface area (Å²) in [4.78, 5) is 0. The summed E-state index contributed by atoms with van der Waals surface area (Å²) in [5.41, 5.74) is 0. The molecule has 0 heterocycles. The minimum absolute atomic E-state index is 0. The molecule has 0 saturated carbocycles. The van der Waals surface area contributed by atoms with Gasteiger partial charge in [0.25, 0.3) is 0 Å². The molecule has 4 heavy (non-hydrogen) atoms. The minimum Gasteiger partial charge on any atom is -0.412 e. The normalized spacial score (nSPS) is 0. The van der Waals surface area contributed by atoms with Crippen molar-refractivity contribution >= 4 is 20.9 Å². The van der Waals surface area contributed by atoms with Crippen LogP contribution >= 0.6 is 9.90 Å². The van der Waals surface area contributed by atoms with Crippen LogP contribution in [0.5, 0.6) is 0 Å². The first kappa shape index (κ1) is 64.3. The molecule has 0 spiro atoms. The van der Waals surface area contributed by atoms with Gasteiger partial charge in [-0.15, -0.1) is 0 Å². The summed E-state index contributed by atoms with van der Waals surface area (Å²) < 4.78 is 0. The molecule has 0 fully saturated rings. The third kappa shape index (κ3) is 10.8. The summed E-state index contributed by atoms with van der Waals surface area (Å²) >= 11 is 0. The molecule has 1 atom stereocenters. The molecule has 0 aromatic carbocycles. The van der Waals surface area contributed by atoms with E-state index in [1.165, 1.54) is 0 Å². The first-order valence-electron chi connectivity index (χ1n) is 0. The molecule has 4 heteroatoms. The van der Waals surface area contributed by atoms with Crippen molar-refractivity contribution in [2.45, 2.75) is 0 Å². The quantitative estimate of drug-likeness (QED) is 0.293. The van der Waals surface area contributed by atoms with Crippen molar-refractivity contribution < 1.29 is 24.0 Å². The van der Waals surface area contributed by atoms with E-state index in [2.05, 4.69) is 0 Å². The van der Waals surface area contributed by atoms with Crippen molar-refractivity contribution in [1.82, 2.24) is 0 Å². The second kappa shape index (κ2) is 30.1. The molecule has 5 radical (unpaired) electrons. The van der Waals surface area contributed by atoms with Crippen molar-refractivity contribution in [2.75, 3.05) is 0 Å². The molecule has 25 valence electrons. The Morgan fingerprint density at radius 3 is 1.00 bits per heavy atom. The smallest absolute Gasteiger partial charge is 0 e. The van der Waals surface area contributed by atoms with Gasteiger partial charge in [0.05, 0.1) is 0 Å². The summed E-state index contributed by atoms with van der Waals surface area (Å²) in [5, 5.41) is 0. The van der Waals surface area contributed by atoms with Crippen molar-refractivity contribution in [3.8, 4) is 0 Å². The molecule has 0 aliphatic rings. The van der Waals surface area contributed by atoms with Gasteiger partial charge in [0, 0.05) is 29.5 Å². The Balaban J connectivity index is 0. The maximum Gasteiger partial charge on any atom is 0 e. The first-order valence-corrected chi connectivity index (χ1v) is 0. The zero-order valence-electron chi connectivity index (χ0n) is 2.15. The van der Waals surface area contributed by atoms with Crippen LogP contribution in [0.1, 0.15) is 0 Å². The van der Waals surface area contributed by atoms with E-state index in [0.29, 0.717) is 0 Å². The SMILES string of the molecule is O.P.[Si].[V]. The number of hydrogen-bond donors (Lipinski definition) is 0. The molecular formula is H5OPSiV. The Hall–Kier alpha value is 1.19. The van der Waals surface area contributed by atoms with Crippen LogP contribution in [0.4, 0.5) is 0 Å². The average molecular weight is 131 g/mol. The summed E-state index contributed by atoms with van der Waals surface area (Å²) in [6, 6.07) is 0. The Labute approximate surface area is 45.4 Å². The summed E-state index contributed by atoms with van der Waals surface area (Å²) in [6.45, 7) is 0. The van der Waals surface area contributed by atoms with Crippen LogP contribution in [0.15, 0.2) is 0 Å². The van der Waals surface area contributed by atoms with Crippen LogP contribution in [-0.4, -0.2) is 16.4 Å². The Morgan fingerprint density at radius 1 is 1.00 bits per heavy atom. The van der Waals surface area contributed by atoms with E-state index in [9.17, 15) is 0 Å². The molecule has 0 bridgehead atoms. The molecule has 0 aliphatic heterocycles. The molecule has 0 amide bonds. The first-order chi connectivity index (χ1) is 0. The van der Waals surface area contributed by atoms with E-state index in [1.54, 1.807) is 0 Å². The Bertz CT molecular complexity index is 8.00. The molecule has 1 unspecified atom stereocenters. The fourth-order valence-electron chi connectivity index (χ4n) is 0. The van der Waals surface area contributed by atoms with E-state index >= 15 is 0 Å². The zero-order chi connectivity index (χ0) is 0. The molecular weight excluding hydrogens is 126 g/mol. The molecule has 0 saturated heterocycles. The van der Waals surface area contributed by atoms with E-state index in [-0.39, 0.29) is 44.9 Å². The van der Waals surface area contributed by atoms with Crippen molar-refractivity contribution in [1.29, 1.82) is 0 Å². The van der Waals surface area contributed by atoms with E-state index in [4.69, 9.17) is 0 Å². The fraction of sp³-hybridized carbons (Fsp3) is 0. The van der Waals surface area contributed by atoms with Gasteiger partial charge in [-0.3, -0.25) is 0 Å². The zero-order valence-corrected chi connectivity index (χ0v) is 5.97. The van der Waals surface area contributed by atoms with Gasteiger partial charge in [0.2, 0.25) is 0 Å². The second-order valence-electron chi connectivity index (χ2n) is 0. The van der Waals surface area contributed by atoms with Crippen molar-refractivity contribution in [2.24, 2.45) is 0 Å². The summed E-state index contributed by atoms with van der Waals surface area (Å²) in [7, 11) is 0. The van der Waals surface area contributed by atoms with Crippen LogP contribution in [0.2, 0.25) is 0 Å². The molecule has 0 aromatic rings. The predicted octanol–water partition coefficient (Wildman–Crippen LogP) is -1.15. The topological polar surface area (TPSA) is 31.5 Å². The fourth-order valence-corrected chi connectivity index (χ4v) is 0. The van der Waals surface area contributed by atoms with Crippen LogP contribution in [0.25, 0.3) is 0 Å². The van der Waals surface area contributed by atoms with Gasteiger partial charge in [0.15, 0.2) is 0 Å². The van der Waals surface area contributed by atoms with Crippen molar-refractivity contribution in [3.05, 3.63) is 0 Å². The van der Waals surface area contributed by atoms with E-state index < -0.39 is 0 Å². The number of rotatable bonds is 0. The minimum atomic E-state index is 0. The van der Waals surface area contributed by atoms with Gasteiger partial charge in [-0.2, -0.15) is 9.90 Å². The average Bonchev–Trinajstić information content (AvgIpc) is 0. The third-order valence-electron chi connectivity index (χ3n) is 0. The summed E-state index contributed by atoms with van der Waals surface area (Å²) in [6.07, 6.45) is 0. The van der Waals surface area contributed by atoms with Gasteiger partial charge in [-0.1, -0.05) is 0 Å². The predicted molar refractivity (Wildman–Crippen MR) is 20.5 cm³/mol. The molecule has 2 N–H and O–H groups in total. The molecule has 0 aromatic heterocycles. The maximum absolute atomic E-state index is 0. The van der Waals surface area contributed by atoms with E-state index in [0.717, 1.165) is 0 Å². The third-order valence-corrected chi connectivity index (χ3v) is 0.